The molecule has 1 fully saturated rings. The summed E-state index contributed by atoms with van der Waals surface area (Å²) >= 11 is 5.97. The topological polar surface area (TPSA) is 44.8 Å². The van der Waals surface area contributed by atoms with Crippen LogP contribution in [-0.2, 0) is 0 Å². The number of carbonyl (C=O) groups excluding carboxylic acids is 1. The quantitative estimate of drug-likeness (QED) is 0.909. The Hall–Kier alpha value is -2.24. The molecule has 132 valence electrons. The van der Waals surface area contributed by atoms with Gasteiger partial charge in [-0.1, -0.05) is 17.7 Å². The van der Waals surface area contributed by atoms with Gasteiger partial charge in [-0.05, 0) is 43.4 Å². The van der Waals surface area contributed by atoms with Crippen molar-refractivity contribution in [2.24, 2.45) is 0 Å². The lowest BCUT2D eigenvalue weighted by Crippen LogP contribution is -2.44. The van der Waals surface area contributed by atoms with E-state index < -0.39 is 0 Å². The number of halogens is 1. The summed E-state index contributed by atoms with van der Waals surface area (Å²) in [5, 5.41) is 3.47. The summed E-state index contributed by atoms with van der Waals surface area (Å²) in [6.07, 6.45) is 0. The molecule has 1 aliphatic heterocycles. The molecule has 1 aliphatic rings. The molecule has 0 aromatic heterocycles. The molecule has 0 atom stereocenters. The minimum absolute atomic E-state index is 0.212. The Morgan fingerprint density at radius 2 is 1.88 bits per heavy atom. The first-order chi connectivity index (χ1) is 12.1. The number of carbonyl (C=O) groups is 1. The Bertz CT molecular complexity index is 758. The molecule has 2 aromatic carbocycles. The third-order valence-electron chi connectivity index (χ3n) is 4.39. The molecule has 0 saturated carbocycles. The zero-order chi connectivity index (χ0) is 17.8. The van der Waals surface area contributed by atoms with Crippen molar-refractivity contribution in [3.05, 3.63) is 53.1 Å². The summed E-state index contributed by atoms with van der Waals surface area (Å²) < 4.78 is 5.40. The molecule has 1 amide bonds. The summed E-state index contributed by atoms with van der Waals surface area (Å²) in [5.74, 6) is 0.421. The summed E-state index contributed by atoms with van der Waals surface area (Å²) in [5.41, 5.74) is 2.25. The largest absolute Gasteiger partial charge is 0.495 e. The second kappa shape index (κ2) is 7.76. The summed E-state index contributed by atoms with van der Waals surface area (Å²) in [6.45, 7) is 3.97. The fourth-order valence-electron chi connectivity index (χ4n) is 2.88. The third-order valence-corrected chi connectivity index (χ3v) is 4.62. The lowest BCUT2D eigenvalue weighted by molar-refractivity contribution is 0.102. The molecule has 6 heteroatoms. The maximum atomic E-state index is 12.5. The first-order valence-corrected chi connectivity index (χ1v) is 8.63. The average Bonchev–Trinajstić information content (AvgIpc) is 2.62. The van der Waals surface area contributed by atoms with Crippen LogP contribution >= 0.6 is 11.6 Å². The number of nitrogens with zero attached hydrogens (tertiary/aromatic N) is 2. The van der Waals surface area contributed by atoms with Crippen LogP contribution < -0.4 is 15.0 Å². The highest BCUT2D eigenvalue weighted by atomic mass is 35.5. The van der Waals surface area contributed by atoms with E-state index in [1.54, 1.807) is 31.4 Å². The normalized spacial score (nSPS) is 15.1. The number of ether oxygens (including phenoxy) is 1. The average molecular weight is 360 g/mol. The zero-order valence-electron chi connectivity index (χ0n) is 14.5. The molecule has 5 nitrogen and oxygen atoms in total. The van der Waals surface area contributed by atoms with Gasteiger partial charge in [0.15, 0.2) is 0 Å². The van der Waals surface area contributed by atoms with Crippen molar-refractivity contribution in [1.29, 1.82) is 0 Å². The number of nitrogens with one attached hydrogen (secondary N) is 1. The van der Waals surface area contributed by atoms with Crippen LogP contribution in [0.2, 0.25) is 5.02 Å². The van der Waals surface area contributed by atoms with Crippen molar-refractivity contribution < 1.29 is 9.53 Å². The predicted molar refractivity (Wildman–Crippen MR) is 102 cm³/mol. The van der Waals surface area contributed by atoms with Crippen molar-refractivity contribution >= 4 is 28.9 Å². The monoisotopic (exact) mass is 359 g/mol. The maximum Gasteiger partial charge on any atom is 0.255 e. The highest BCUT2D eigenvalue weighted by Gasteiger charge is 2.17. The van der Waals surface area contributed by atoms with Crippen molar-refractivity contribution in [2.75, 3.05) is 50.6 Å². The second-order valence-electron chi connectivity index (χ2n) is 6.14. The Balaban J connectivity index is 1.81. The fraction of sp³-hybridized carbons (Fsp3) is 0.316. The Morgan fingerprint density at radius 1 is 1.12 bits per heavy atom. The van der Waals surface area contributed by atoms with E-state index in [2.05, 4.69) is 22.2 Å². The minimum Gasteiger partial charge on any atom is -0.495 e. The molecule has 0 bridgehead atoms. The van der Waals surface area contributed by atoms with Gasteiger partial charge in [0.05, 0.1) is 12.8 Å². The Kier molecular flexibility index (Phi) is 5.46. The van der Waals surface area contributed by atoms with E-state index in [1.807, 2.05) is 18.2 Å². The molecule has 1 N–H and O–H groups in total. The van der Waals surface area contributed by atoms with Crippen LogP contribution in [0.1, 0.15) is 10.4 Å². The van der Waals surface area contributed by atoms with Crippen LogP contribution in [0.5, 0.6) is 5.75 Å². The standard InChI is InChI=1S/C19H22ClN3O2/c1-22-8-10-23(11-9-22)16-6-7-18(25-2)17(13-16)21-19(24)14-4-3-5-15(20)12-14/h3-7,12-13H,8-11H2,1-2H3,(H,21,24). The third kappa shape index (κ3) is 4.24. The van der Waals surface area contributed by atoms with Crippen LogP contribution in [0.25, 0.3) is 0 Å². The van der Waals surface area contributed by atoms with Crippen molar-refractivity contribution in [1.82, 2.24) is 4.90 Å². The number of benzene rings is 2. The number of anilines is 2. The molecular formula is C19H22ClN3O2. The number of rotatable bonds is 4. The molecule has 0 aliphatic carbocycles. The van der Waals surface area contributed by atoms with Gasteiger partial charge in [-0.15, -0.1) is 0 Å². The van der Waals surface area contributed by atoms with E-state index >= 15 is 0 Å². The van der Waals surface area contributed by atoms with Crippen LogP contribution in [0.4, 0.5) is 11.4 Å². The van der Waals surface area contributed by atoms with Crippen molar-refractivity contribution in [3.8, 4) is 5.75 Å². The molecule has 3 rings (SSSR count). The van der Waals surface area contributed by atoms with Gasteiger partial charge in [0.2, 0.25) is 0 Å². The number of hydrogen-bond donors (Lipinski definition) is 1. The van der Waals surface area contributed by atoms with Crippen LogP contribution in [0.15, 0.2) is 42.5 Å². The Morgan fingerprint density at radius 3 is 2.56 bits per heavy atom. The van der Waals surface area contributed by atoms with E-state index in [4.69, 9.17) is 16.3 Å². The SMILES string of the molecule is COc1ccc(N2CCN(C)CC2)cc1NC(=O)c1cccc(Cl)c1. The number of likely N-dealkylation sites (N-methyl/N-ethyl adjacent to an activating group) is 1. The molecule has 1 heterocycles. The summed E-state index contributed by atoms with van der Waals surface area (Å²) in [7, 11) is 3.72. The van der Waals surface area contributed by atoms with Crippen LogP contribution in [0.3, 0.4) is 0 Å². The van der Waals surface area contributed by atoms with E-state index in [0.717, 1.165) is 31.9 Å². The molecule has 2 aromatic rings. The lowest BCUT2D eigenvalue weighted by atomic mass is 10.2. The van der Waals surface area contributed by atoms with Gasteiger partial charge >= 0.3 is 0 Å². The number of amides is 1. The van der Waals surface area contributed by atoms with Crippen molar-refractivity contribution in [2.45, 2.75) is 0 Å². The van der Waals surface area contributed by atoms with Gasteiger partial charge in [0.25, 0.3) is 5.91 Å². The van der Waals surface area contributed by atoms with Gasteiger partial charge in [-0.25, -0.2) is 0 Å². The highest BCUT2D eigenvalue weighted by molar-refractivity contribution is 6.31. The second-order valence-corrected chi connectivity index (χ2v) is 6.58. The van der Waals surface area contributed by atoms with Crippen LogP contribution in [0, 0.1) is 0 Å². The molecule has 1 saturated heterocycles. The molecule has 0 radical (unpaired) electrons. The molecule has 25 heavy (non-hydrogen) atoms. The van der Waals surface area contributed by atoms with E-state index in [0.29, 0.717) is 22.0 Å². The van der Waals surface area contributed by atoms with Crippen LogP contribution in [-0.4, -0.2) is 51.1 Å². The number of piperazine rings is 1. The molecule has 0 spiro atoms. The number of hydrogen-bond acceptors (Lipinski definition) is 4. The fourth-order valence-corrected chi connectivity index (χ4v) is 3.07. The van der Waals surface area contributed by atoms with E-state index in [9.17, 15) is 4.79 Å². The van der Waals surface area contributed by atoms with Gasteiger partial charge in [-0.2, -0.15) is 0 Å². The van der Waals surface area contributed by atoms with Gasteiger partial charge in [0, 0.05) is 42.5 Å². The Labute approximate surface area is 153 Å². The van der Waals surface area contributed by atoms with E-state index in [-0.39, 0.29) is 5.91 Å². The van der Waals surface area contributed by atoms with Gasteiger partial charge in [0.1, 0.15) is 5.75 Å². The highest BCUT2D eigenvalue weighted by Crippen LogP contribution is 2.30. The smallest absolute Gasteiger partial charge is 0.255 e. The summed E-state index contributed by atoms with van der Waals surface area (Å²) in [4.78, 5) is 17.1. The zero-order valence-corrected chi connectivity index (χ0v) is 15.2. The molecule has 0 unspecified atom stereocenters. The summed E-state index contributed by atoms with van der Waals surface area (Å²) in [6, 6.07) is 12.8. The number of methoxy groups -OCH3 is 1. The minimum atomic E-state index is -0.212. The van der Waals surface area contributed by atoms with E-state index in [1.165, 1.54) is 0 Å². The first kappa shape index (κ1) is 17.6. The maximum absolute atomic E-state index is 12.5. The lowest BCUT2D eigenvalue weighted by Gasteiger charge is -2.34. The van der Waals surface area contributed by atoms with Gasteiger partial charge in [-0.3, -0.25) is 4.79 Å². The van der Waals surface area contributed by atoms with Gasteiger partial charge < -0.3 is 19.9 Å². The molecular weight excluding hydrogens is 338 g/mol. The predicted octanol–water partition coefficient (Wildman–Crippen LogP) is 3.35. The van der Waals surface area contributed by atoms with Crippen molar-refractivity contribution in [3.63, 3.8) is 0 Å². The first-order valence-electron chi connectivity index (χ1n) is 8.25.